The number of piperazine rings is 1. The van der Waals surface area contributed by atoms with Gasteiger partial charge in [0.25, 0.3) is 0 Å². The van der Waals surface area contributed by atoms with E-state index < -0.39 is 5.60 Å². The molecule has 1 fully saturated rings. The topological polar surface area (TPSA) is 76.3 Å². The van der Waals surface area contributed by atoms with Crippen LogP contribution in [0.5, 0.6) is 0 Å². The molecule has 0 bridgehead atoms. The molecule has 0 saturated carbocycles. The van der Waals surface area contributed by atoms with Gasteiger partial charge in [0.1, 0.15) is 11.4 Å². The quantitative estimate of drug-likeness (QED) is 0.430. The molecule has 7 nitrogen and oxygen atoms in total. The highest BCUT2D eigenvalue weighted by atomic mass is 16.4. The summed E-state index contributed by atoms with van der Waals surface area (Å²) in [5.74, 6) is 1.24. The Hall–Kier alpha value is -2.35. The molecule has 1 atom stereocenters. The van der Waals surface area contributed by atoms with Crippen LogP contribution in [0.25, 0.3) is 0 Å². The van der Waals surface area contributed by atoms with E-state index in [1.54, 1.807) is 25.3 Å². The Kier molecular flexibility index (Phi) is 8.30. The van der Waals surface area contributed by atoms with E-state index in [-0.39, 0.29) is 6.54 Å². The van der Waals surface area contributed by atoms with Gasteiger partial charge in [-0.2, -0.15) is 0 Å². The molecule has 0 radical (unpaired) electrons. The van der Waals surface area contributed by atoms with E-state index in [0.29, 0.717) is 11.7 Å². The van der Waals surface area contributed by atoms with Gasteiger partial charge in [0, 0.05) is 52.4 Å². The highest BCUT2D eigenvalue weighted by molar-refractivity contribution is 5.79. The van der Waals surface area contributed by atoms with E-state index in [1.165, 1.54) is 5.56 Å². The molecule has 3 rings (SSSR count). The third-order valence-electron chi connectivity index (χ3n) is 5.38. The summed E-state index contributed by atoms with van der Waals surface area (Å²) in [6, 6.07) is 14.2. The van der Waals surface area contributed by atoms with Crippen LogP contribution in [0, 0.1) is 0 Å². The maximum atomic E-state index is 10.6. The summed E-state index contributed by atoms with van der Waals surface area (Å²) in [4.78, 5) is 9.54. The van der Waals surface area contributed by atoms with Gasteiger partial charge >= 0.3 is 0 Å². The maximum Gasteiger partial charge on any atom is 0.191 e. The number of benzene rings is 1. The Balaban J connectivity index is 1.39. The minimum atomic E-state index is -1.12. The summed E-state index contributed by atoms with van der Waals surface area (Å²) in [5.41, 5.74) is 0.255. The molecule has 0 aliphatic carbocycles. The lowest BCUT2D eigenvalue weighted by Crippen LogP contribution is -2.49. The lowest BCUT2D eigenvalue weighted by atomic mass is 10.0. The summed E-state index contributed by atoms with van der Waals surface area (Å²) < 4.78 is 5.33. The minimum Gasteiger partial charge on any atom is -0.466 e. The number of aliphatic hydroxyl groups is 1. The van der Waals surface area contributed by atoms with Gasteiger partial charge < -0.3 is 20.2 Å². The number of aliphatic imine (C=N–C) groups is 1. The van der Waals surface area contributed by atoms with Gasteiger partial charge in [0.15, 0.2) is 5.96 Å². The number of furan rings is 1. The minimum absolute atomic E-state index is 0.230. The normalized spacial score (nSPS) is 18.2. The van der Waals surface area contributed by atoms with Crippen molar-refractivity contribution in [2.24, 2.45) is 4.99 Å². The Morgan fingerprint density at radius 3 is 2.47 bits per heavy atom. The average molecular weight is 414 g/mol. The van der Waals surface area contributed by atoms with Crippen LogP contribution in [-0.4, -0.2) is 73.2 Å². The second kappa shape index (κ2) is 11.2. The summed E-state index contributed by atoms with van der Waals surface area (Å²) >= 11 is 0. The smallest absolute Gasteiger partial charge is 0.191 e. The summed E-state index contributed by atoms with van der Waals surface area (Å²) in [7, 11) is 0. The van der Waals surface area contributed by atoms with Crippen LogP contribution in [0.2, 0.25) is 0 Å². The molecule has 1 aromatic heterocycles. The van der Waals surface area contributed by atoms with Crippen LogP contribution in [0.4, 0.5) is 0 Å². The molecule has 164 valence electrons. The van der Waals surface area contributed by atoms with Crippen LogP contribution in [-0.2, 0) is 12.1 Å². The largest absolute Gasteiger partial charge is 0.466 e. The first kappa shape index (κ1) is 22.3. The zero-order valence-electron chi connectivity index (χ0n) is 18.2. The van der Waals surface area contributed by atoms with Crippen molar-refractivity contribution in [2.75, 3.05) is 52.4 Å². The van der Waals surface area contributed by atoms with E-state index in [2.05, 4.69) is 55.8 Å². The highest BCUT2D eigenvalue weighted by Gasteiger charge is 2.26. The summed E-state index contributed by atoms with van der Waals surface area (Å²) in [5, 5.41) is 17.2. The number of hydrogen-bond donors (Lipinski definition) is 3. The Morgan fingerprint density at radius 1 is 1.07 bits per heavy atom. The molecular formula is C23H35N5O2. The van der Waals surface area contributed by atoms with Gasteiger partial charge in [-0.1, -0.05) is 30.3 Å². The molecular weight excluding hydrogens is 378 g/mol. The van der Waals surface area contributed by atoms with Crippen molar-refractivity contribution < 1.29 is 9.52 Å². The molecule has 7 heteroatoms. The SMILES string of the molecule is CCNC(=NCC(C)(O)c1ccco1)NCCN1CCN(Cc2ccccc2)CC1. The zero-order valence-corrected chi connectivity index (χ0v) is 18.2. The molecule has 1 unspecified atom stereocenters. The van der Waals surface area contributed by atoms with Crippen LogP contribution in [0.3, 0.4) is 0 Å². The summed E-state index contributed by atoms with van der Waals surface area (Å²) in [6.07, 6.45) is 1.57. The first-order valence-corrected chi connectivity index (χ1v) is 10.8. The van der Waals surface area contributed by atoms with Crippen molar-refractivity contribution in [3.05, 3.63) is 60.1 Å². The molecule has 1 aliphatic heterocycles. The van der Waals surface area contributed by atoms with Crippen molar-refractivity contribution >= 4 is 5.96 Å². The lowest BCUT2D eigenvalue weighted by Gasteiger charge is -2.34. The molecule has 1 saturated heterocycles. The first-order valence-electron chi connectivity index (χ1n) is 10.8. The van der Waals surface area contributed by atoms with Gasteiger partial charge in [-0.25, -0.2) is 4.99 Å². The lowest BCUT2D eigenvalue weighted by molar-refractivity contribution is 0.0437. The van der Waals surface area contributed by atoms with Gasteiger partial charge in [-0.3, -0.25) is 9.80 Å². The van der Waals surface area contributed by atoms with Gasteiger partial charge in [0.05, 0.1) is 12.8 Å². The van der Waals surface area contributed by atoms with Crippen molar-refractivity contribution in [1.29, 1.82) is 0 Å². The van der Waals surface area contributed by atoms with E-state index in [0.717, 1.165) is 52.4 Å². The second-order valence-corrected chi connectivity index (χ2v) is 7.98. The molecule has 1 aromatic carbocycles. The van der Waals surface area contributed by atoms with Crippen LogP contribution >= 0.6 is 0 Å². The molecule has 0 amide bonds. The molecule has 30 heavy (non-hydrogen) atoms. The van der Waals surface area contributed by atoms with Crippen LogP contribution in [0.1, 0.15) is 25.2 Å². The first-order chi connectivity index (χ1) is 14.6. The monoisotopic (exact) mass is 413 g/mol. The van der Waals surface area contributed by atoms with Crippen molar-refractivity contribution in [1.82, 2.24) is 20.4 Å². The number of nitrogens with zero attached hydrogens (tertiary/aromatic N) is 3. The zero-order chi connectivity index (χ0) is 21.2. The number of nitrogens with one attached hydrogen (secondary N) is 2. The van der Waals surface area contributed by atoms with Gasteiger partial charge in [-0.15, -0.1) is 0 Å². The molecule has 2 heterocycles. The predicted molar refractivity (Wildman–Crippen MR) is 120 cm³/mol. The Bertz CT molecular complexity index is 753. The Morgan fingerprint density at radius 2 is 1.80 bits per heavy atom. The molecule has 3 N–H and O–H groups in total. The summed E-state index contributed by atoms with van der Waals surface area (Å²) in [6.45, 7) is 11.9. The molecule has 1 aliphatic rings. The van der Waals surface area contributed by atoms with Crippen molar-refractivity contribution in [3.63, 3.8) is 0 Å². The van der Waals surface area contributed by atoms with E-state index in [1.807, 2.05) is 6.92 Å². The van der Waals surface area contributed by atoms with E-state index in [4.69, 9.17) is 4.42 Å². The fraction of sp³-hybridized carbons (Fsp3) is 0.522. The molecule has 2 aromatic rings. The van der Waals surface area contributed by atoms with E-state index >= 15 is 0 Å². The highest BCUT2D eigenvalue weighted by Crippen LogP contribution is 2.21. The maximum absolute atomic E-state index is 10.6. The van der Waals surface area contributed by atoms with Gasteiger partial charge in [0.2, 0.25) is 0 Å². The molecule has 0 spiro atoms. The standard InChI is InChI=1S/C23H35N5O2/c1-3-24-22(26-19-23(2,29)21-10-7-17-30-21)25-11-12-27-13-15-28(16-14-27)18-20-8-5-4-6-9-20/h4-10,17,29H,3,11-16,18-19H2,1-2H3,(H2,24,25,26). The van der Waals surface area contributed by atoms with E-state index in [9.17, 15) is 5.11 Å². The second-order valence-electron chi connectivity index (χ2n) is 7.98. The van der Waals surface area contributed by atoms with Gasteiger partial charge in [-0.05, 0) is 31.5 Å². The third kappa shape index (κ3) is 6.86. The predicted octanol–water partition coefficient (Wildman–Crippen LogP) is 1.86. The van der Waals surface area contributed by atoms with Crippen molar-refractivity contribution in [3.8, 4) is 0 Å². The number of guanidine groups is 1. The number of hydrogen-bond acceptors (Lipinski definition) is 5. The van der Waals surface area contributed by atoms with Crippen LogP contribution < -0.4 is 10.6 Å². The third-order valence-corrected chi connectivity index (χ3v) is 5.38. The number of rotatable bonds is 9. The van der Waals surface area contributed by atoms with Crippen molar-refractivity contribution in [2.45, 2.75) is 26.0 Å². The average Bonchev–Trinajstić information content (AvgIpc) is 3.30. The Labute approximate surface area is 179 Å². The van der Waals surface area contributed by atoms with Crippen LogP contribution in [0.15, 0.2) is 58.1 Å². The fourth-order valence-electron chi connectivity index (χ4n) is 3.58. The fourth-order valence-corrected chi connectivity index (χ4v) is 3.58.